The number of benzene rings is 1. The monoisotopic (exact) mass is 291 g/mol. The van der Waals surface area contributed by atoms with Crippen molar-refractivity contribution in [1.29, 1.82) is 0 Å². The second-order valence-electron chi connectivity index (χ2n) is 5.99. The average molecular weight is 291 g/mol. The highest BCUT2D eigenvalue weighted by Crippen LogP contribution is 2.35. The third-order valence-electron chi connectivity index (χ3n) is 4.45. The van der Waals surface area contributed by atoms with Gasteiger partial charge in [0.2, 0.25) is 0 Å². The first-order valence-electron chi connectivity index (χ1n) is 7.55. The van der Waals surface area contributed by atoms with Gasteiger partial charge in [0.15, 0.2) is 0 Å². The summed E-state index contributed by atoms with van der Waals surface area (Å²) in [7, 11) is 1.45. The fraction of sp³-hybridized carbons (Fsp3) is 0.588. The summed E-state index contributed by atoms with van der Waals surface area (Å²) in [5.74, 6) is -0.193. The molecule has 1 aliphatic heterocycles. The summed E-state index contributed by atoms with van der Waals surface area (Å²) in [4.78, 5) is 12.4. The van der Waals surface area contributed by atoms with Crippen LogP contribution < -0.4 is 5.32 Å². The average Bonchev–Trinajstić information content (AvgIpc) is 2.53. The van der Waals surface area contributed by atoms with Crippen LogP contribution in [0.4, 0.5) is 0 Å². The number of carbonyl (C=O) groups is 1. The molecule has 4 heteroatoms. The molecule has 2 atom stereocenters. The number of rotatable bonds is 5. The first-order chi connectivity index (χ1) is 10.0. The van der Waals surface area contributed by atoms with Crippen molar-refractivity contribution in [3.8, 4) is 0 Å². The summed E-state index contributed by atoms with van der Waals surface area (Å²) >= 11 is 0. The first-order valence-corrected chi connectivity index (χ1v) is 7.55. The van der Waals surface area contributed by atoms with Gasteiger partial charge in [-0.25, -0.2) is 0 Å². The van der Waals surface area contributed by atoms with Crippen LogP contribution in [0.15, 0.2) is 30.3 Å². The summed E-state index contributed by atoms with van der Waals surface area (Å²) in [6.45, 7) is 5.37. The standard InChI is InChI=1S/C17H25NO3/c1-4-16(2)13-17(10-11-21-16,15(19)20-3)18-12-14-8-6-5-7-9-14/h5-9,18H,4,10-13H2,1-3H3. The molecule has 2 unspecified atom stereocenters. The van der Waals surface area contributed by atoms with E-state index >= 15 is 0 Å². The second-order valence-corrected chi connectivity index (χ2v) is 5.99. The lowest BCUT2D eigenvalue weighted by atomic mass is 9.79. The molecule has 0 spiro atoms. The lowest BCUT2D eigenvalue weighted by molar-refractivity contribution is -0.164. The molecule has 116 valence electrons. The van der Waals surface area contributed by atoms with Gasteiger partial charge in [0.1, 0.15) is 5.54 Å². The molecule has 2 rings (SSSR count). The Morgan fingerprint density at radius 3 is 2.71 bits per heavy atom. The molecule has 1 aromatic carbocycles. The fourth-order valence-corrected chi connectivity index (χ4v) is 2.94. The Morgan fingerprint density at radius 1 is 1.38 bits per heavy atom. The van der Waals surface area contributed by atoms with E-state index in [4.69, 9.17) is 9.47 Å². The lowest BCUT2D eigenvalue weighted by Gasteiger charge is -2.44. The molecular weight excluding hydrogens is 266 g/mol. The van der Waals surface area contributed by atoms with Gasteiger partial charge in [-0.1, -0.05) is 37.3 Å². The van der Waals surface area contributed by atoms with Crippen molar-refractivity contribution in [2.45, 2.75) is 50.8 Å². The van der Waals surface area contributed by atoms with Crippen LogP contribution in [-0.4, -0.2) is 30.8 Å². The zero-order chi connectivity index (χ0) is 15.3. The molecular formula is C17H25NO3. The van der Waals surface area contributed by atoms with Crippen molar-refractivity contribution in [2.24, 2.45) is 0 Å². The molecule has 4 nitrogen and oxygen atoms in total. The second kappa shape index (κ2) is 6.58. The minimum atomic E-state index is -0.659. The Balaban J connectivity index is 2.15. The number of hydrogen-bond acceptors (Lipinski definition) is 4. The molecule has 1 N–H and O–H groups in total. The summed E-state index contributed by atoms with van der Waals surface area (Å²) in [5, 5.41) is 3.44. The van der Waals surface area contributed by atoms with Gasteiger partial charge in [0.05, 0.1) is 12.7 Å². The highest BCUT2D eigenvalue weighted by atomic mass is 16.5. The highest BCUT2D eigenvalue weighted by molar-refractivity contribution is 5.81. The minimum Gasteiger partial charge on any atom is -0.468 e. The molecule has 1 fully saturated rings. The van der Waals surface area contributed by atoms with Crippen molar-refractivity contribution < 1.29 is 14.3 Å². The number of carbonyl (C=O) groups excluding carboxylic acids is 1. The molecule has 1 saturated heterocycles. The van der Waals surface area contributed by atoms with Crippen LogP contribution in [0.3, 0.4) is 0 Å². The predicted octanol–water partition coefficient (Wildman–Crippen LogP) is 2.67. The summed E-state index contributed by atoms with van der Waals surface area (Å²) in [6.07, 6.45) is 2.15. The van der Waals surface area contributed by atoms with Crippen molar-refractivity contribution in [1.82, 2.24) is 5.32 Å². The van der Waals surface area contributed by atoms with Crippen LogP contribution in [0.2, 0.25) is 0 Å². The molecule has 0 amide bonds. The number of nitrogens with one attached hydrogen (secondary N) is 1. The van der Waals surface area contributed by atoms with E-state index in [-0.39, 0.29) is 11.6 Å². The zero-order valence-electron chi connectivity index (χ0n) is 13.1. The maximum atomic E-state index is 12.4. The molecule has 21 heavy (non-hydrogen) atoms. The van der Waals surface area contributed by atoms with E-state index in [1.807, 2.05) is 18.2 Å². The lowest BCUT2D eigenvalue weighted by Crippen LogP contribution is -2.60. The molecule has 0 aromatic heterocycles. The number of methoxy groups -OCH3 is 1. The van der Waals surface area contributed by atoms with E-state index in [0.29, 0.717) is 26.0 Å². The third kappa shape index (κ3) is 3.63. The first kappa shape index (κ1) is 16.0. The Morgan fingerprint density at radius 2 is 2.10 bits per heavy atom. The van der Waals surface area contributed by atoms with Crippen LogP contribution in [0.1, 0.15) is 38.7 Å². The SMILES string of the molecule is CCC1(C)CC(NCc2ccccc2)(C(=O)OC)CCO1. The van der Waals surface area contributed by atoms with Gasteiger partial charge in [0, 0.05) is 19.6 Å². The van der Waals surface area contributed by atoms with Crippen molar-refractivity contribution >= 4 is 5.97 Å². The van der Waals surface area contributed by atoms with E-state index < -0.39 is 5.54 Å². The smallest absolute Gasteiger partial charge is 0.326 e. The predicted molar refractivity (Wildman–Crippen MR) is 81.9 cm³/mol. The van der Waals surface area contributed by atoms with Crippen LogP contribution in [-0.2, 0) is 20.8 Å². The Bertz CT molecular complexity index is 476. The Labute approximate surface area is 126 Å². The molecule has 0 bridgehead atoms. The van der Waals surface area contributed by atoms with Crippen molar-refractivity contribution in [3.63, 3.8) is 0 Å². The van der Waals surface area contributed by atoms with Crippen LogP contribution in [0.5, 0.6) is 0 Å². The van der Waals surface area contributed by atoms with Gasteiger partial charge in [-0.15, -0.1) is 0 Å². The molecule has 0 aliphatic carbocycles. The van der Waals surface area contributed by atoms with Crippen LogP contribution in [0.25, 0.3) is 0 Å². The molecule has 0 saturated carbocycles. The molecule has 1 aromatic rings. The third-order valence-corrected chi connectivity index (χ3v) is 4.45. The number of ether oxygens (including phenoxy) is 2. The fourth-order valence-electron chi connectivity index (χ4n) is 2.94. The normalized spacial score (nSPS) is 29.1. The molecule has 1 heterocycles. The quantitative estimate of drug-likeness (QED) is 0.847. The number of hydrogen-bond donors (Lipinski definition) is 1. The van der Waals surface area contributed by atoms with Crippen LogP contribution in [0, 0.1) is 0 Å². The van der Waals surface area contributed by atoms with E-state index in [1.165, 1.54) is 7.11 Å². The summed E-state index contributed by atoms with van der Waals surface area (Å²) in [6, 6.07) is 10.1. The number of esters is 1. The zero-order valence-corrected chi connectivity index (χ0v) is 13.1. The van der Waals surface area contributed by atoms with Gasteiger partial charge < -0.3 is 9.47 Å². The minimum absolute atomic E-state index is 0.193. The van der Waals surface area contributed by atoms with Crippen molar-refractivity contribution in [3.05, 3.63) is 35.9 Å². The largest absolute Gasteiger partial charge is 0.468 e. The topological polar surface area (TPSA) is 47.6 Å². The van der Waals surface area contributed by atoms with Gasteiger partial charge >= 0.3 is 5.97 Å². The van der Waals surface area contributed by atoms with Gasteiger partial charge in [-0.2, -0.15) is 0 Å². The van der Waals surface area contributed by atoms with Crippen molar-refractivity contribution in [2.75, 3.05) is 13.7 Å². The van der Waals surface area contributed by atoms with Gasteiger partial charge in [0.25, 0.3) is 0 Å². The van der Waals surface area contributed by atoms with E-state index in [2.05, 4.69) is 31.3 Å². The Hall–Kier alpha value is -1.39. The summed E-state index contributed by atoms with van der Waals surface area (Å²) in [5.41, 5.74) is 0.217. The van der Waals surface area contributed by atoms with Crippen LogP contribution >= 0.6 is 0 Å². The maximum Gasteiger partial charge on any atom is 0.326 e. The van der Waals surface area contributed by atoms with E-state index in [9.17, 15) is 4.79 Å². The van der Waals surface area contributed by atoms with Gasteiger partial charge in [-0.05, 0) is 25.3 Å². The van der Waals surface area contributed by atoms with E-state index in [0.717, 1.165) is 12.0 Å². The molecule has 1 aliphatic rings. The maximum absolute atomic E-state index is 12.4. The summed E-state index contributed by atoms with van der Waals surface area (Å²) < 4.78 is 10.9. The van der Waals surface area contributed by atoms with Gasteiger partial charge in [-0.3, -0.25) is 10.1 Å². The highest BCUT2D eigenvalue weighted by Gasteiger charge is 2.48. The van der Waals surface area contributed by atoms with E-state index in [1.54, 1.807) is 0 Å². The molecule has 0 radical (unpaired) electrons. The Kier molecular flexibility index (Phi) is 5.01.